The highest BCUT2D eigenvalue weighted by Gasteiger charge is 2.29. The second kappa shape index (κ2) is 8.54. The maximum absolute atomic E-state index is 13.4. The largest absolute Gasteiger partial charge is 0.423 e. The van der Waals surface area contributed by atoms with Crippen LogP contribution in [0.4, 0.5) is 16.2 Å². The summed E-state index contributed by atoms with van der Waals surface area (Å²) in [6.07, 6.45) is 5.51. The van der Waals surface area contributed by atoms with E-state index in [0.29, 0.717) is 16.6 Å². The molecule has 12 heteroatoms. The van der Waals surface area contributed by atoms with Gasteiger partial charge in [-0.3, -0.25) is 14.9 Å². The Labute approximate surface area is 192 Å². The van der Waals surface area contributed by atoms with E-state index in [1.807, 2.05) is 0 Å². The standard InChI is InChI=1S/C22H21FN8O3/c1-2-16(32)27-12-4-6-13(7-5-12)31-20-17(19(24)25-10-26-20)18(30-31)21(33)29-22-28-14-9-11(23)3-8-15(14)34-22/h2-3,8-10,12-13H,1,4-7H2,(H,27,32)(H2,24,25,26)(H,28,29,33)/t12-,13-. The summed E-state index contributed by atoms with van der Waals surface area (Å²) in [5, 5.41) is 10.3. The molecular weight excluding hydrogens is 443 g/mol. The van der Waals surface area contributed by atoms with Gasteiger partial charge in [-0.1, -0.05) is 6.58 Å². The Morgan fingerprint density at radius 2 is 2.03 bits per heavy atom. The molecule has 11 nitrogen and oxygen atoms in total. The molecule has 0 spiro atoms. The smallest absolute Gasteiger partial charge is 0.302 e. The molecule has 3 aromatic heterocycles. The third kappa shape index (κ3) is 3.93. The number of carbonyl (C=O) groups excluding carboxylic acids is 2. The maximum Gasteiger partial charge on any atom is 0.302 e. The lowest BCUT2D eigenvalue weighted by Gasteiger charge is -2.29. The van der Waals surface area contributed by atoms with E-state index < -0.39 is 11.7 Å². The van der Waals surface area contributed by atoms with E-state index in [1.165, 1.54) is 30.6 Å². The molecule has 174 valence electrons. The first-order chi connectivity index (χ1) is 16.4. The zero-order valence-corrected chi connectivity index (χ0v) is 18.0. The molecule has 4 aromatic rings. The average Bonchev–Trinajstić information content (AvgIpc) is 3.41. The first kappa shape index (κ1) is 21.5. The Kier molecular flexibility index (Phi) is 5.40. The Morgan fingerprint density at radius 3 is 2.79 bits per heavy atom. The minimum Gasteiger partial charge on any atom is -0.423 e. The summed E-state index contributed by atoms with van der Waals surface area (Å²) in [6, 6.07) is 3.79. The average molecular weight is 464 g/mol. The van der Waals surface area contributed by atoms with Crippen molar-refractivity contribution in [1.82, 2.24) is 30.0 Å². The Balaban J connectivity index is 1.42. The number of anilines is 2. The van der Waals surface area contributed by atoms with Gasteiger partial charge in [0.05, 0.1) is 11.4 Å². The van der Waals surface area contributed by atoms with Crippen LogP contribution in [0.1, 0.15) is 42.2 Å². The molecule has 34 heavy (non-hydrogen) atoms. The van der Waals surface area contributed by atoms with Crippen molar-refractivity contribution in [3.8, 4) is 0 Å². The van der Waals surface area contributed by atoms with Gasteiger partial charge in [0.25, 0.3) is 5.91 Å². The second-order valence-electron chi connectivity index (χ2n) is 8.05. The fourth-order valence-electron chi connectivity index (χ4n) is 4.24. The van der Waals surface area contributed by atoms with Crippen molar-refractivity contribution in [3.63, 3.8) is 0 Å². The zero-order valence-electron chi connectivity index (χ0n) is 18.0. The van der Waals surface area contributed by atoms with Crippen molar-refractivity contribution in [2.45, 2.75) is 37.8 Å². The number of hydrogen-bond donors (Lipinski definition) is 3. The van der Waals surface area contributed by atoms with Crippen LogP contribution in [0.3, 0.4) is 0 Å². The Morgan fingerprint density at radius 1 is 1.24 bits per heavy atom. The first-order valence-corrected chi connectivity index (χ1v) is 10.7. The lowest BCUT2D eigenvalue weighted by atomic mass is 9.91. The predicted octanol–water partition coefficient (Wildman–Crippen LogP) is 2.73. The van der Waals surface area contributed by atoms with Gasteiger partial charge in [0, 0.05) is 12.1 Å². The third-order valence-electron chi connectivity index (χ3n) is 5.88. The molecule has 0 atom stereocenters. The van der Waals surface area contributed by atoms with Gasteiger partial charge < -0.3 is 15.5 Å². The number of halogens is 1. The summed E-state index contributed by atoms with van der Waals surface area (Å²) in [7, 11) is 0. The number of fused-ring (bicyclic) bond motifs is 2. The monoisotopic (exact) mass is 464 g/mol. The SMILES string of the molecule is C=CC(=O)N[C@H]1CC[C@H](n2nc(C(=O)Nc3nc4cc(F)ccc4o3)c3c(N)ncnc32)CC1. The number of nitrogens with one attached hydrogen (secondary N) is 2. The molecule has 1 saturated carbocycles. The predicted molar refractivity (Wildman–Crippen MR) is 121 cm³/mol. The van der Waals surface area contributed by atoms with Crippen LogP contribution >= 0.6 is 0 Å². The second-order valence-corrected chi connectivity index (χ2v) is 8.05. The fraction of sp³-hybridized carbons (Fsp3) is 0.273. The van der Waals surface area contributed by atoms with Crippen LogP contribution in [-0.2, 0) is 4.79 Å². The van der Waals surface area contributed by atoms with Crippen LogP contribution in [0.25, 0.3) is 22.1 Å². The third-order valence-corrected chi connectivity index (χ3v) is 5.88. The van der Waals surface area contributed by atoms with Gasteiger partial charge in [0.15, 0.2) is 16.9 Å². The maximum atomic E-state index is 13.4. The zero-order chi connectivity index (χ0) is 23.8. The quantitative estimate of drug-likeness (QED) is 0.381. The lowest BCUT2D eigenvalue weighted by Crippen LogP contribution is -2.37. The number of amides is 2. The van der Waals surface area contributed by atoms with Gasteiger partial charge in [0.1, 0.15) is 23.5 Å². The minimum atomic E-state index is -0.607. The number of hydrogen-bond acceptors (Lipinski definition) is 8. The van der Waals surface area contributed by atoms with E-state index in [4.69, 9.17) is 10.2 Å². The number of aromatic nitrogens is 5. The molecule has 1 aliphatic carbocycles. The molecule has 0 aliphatic heterocycles. The number of oxazole rings is 1. The molecule has 0 bridgehead atoms. The topological polar surface area (TPSA) is 154 Å². The number of nitrogens with two attached hydrogens (primary N) is 1. The fourth-order valence-corrected chi connectivity index (χ4v) is 4.24. The van der Waals surface area contributed by atoms with Crippen molar-refractivity contribution in [1.29, 1.82) is 0 Å². The summed E-state index contributed by atoms with van der Waals surface area (Å²) in [5.41, 5.74) is 7.15. The summed E-state index contributed by atoms with van der Waals surface area (Å²) >= 11 is 0. The number of nitrogen functional groups attached to an aromatic ring is 1. The molecule has 1 aliphatic rings. The number of carbonyl (C=O) groups is 2. The van der Waals surface area contributed by atoms with Gasteiger partial charge in [-0.05, 0) is 43.9 Å². The minimum absolute atomic E-state index is 0.0311. The molecular formula is C22H21FN8O3. The van der Waals surface area contributed by atoms with E-state index in [1.54, 1.807) is 4.68 Å². The Bertz CT molecular complexity index is 1420. The summed E-state index contributed by atoms with van der Waals surface area (Å²) in [6.45, 7) is 3.48. The van der Waals surface area contributed by atoms with Crippen LogP contribution in [-0.4, -0.2) is 42.6 Å². The van der Waals surface area contributed by atoms with E-state index in [-0.39, 0.29) is 41.0 Å². The highest BCUT2D eigenvalue weighted by Crippen LogP contribution is 2.33. The summed E-state index contributed by atoms with van der Waals surface area (Å²) < 4.78 is 20.6. The van der Waals surface area contributed by atoms with Crippen molar-refractivity contribution in [3.05, 3.63) is 48.7 Å². The number of benzene rings is 1. The van der Waals surface area contributed by atoms with Crippen LogP contribution in [0, 0.1) is 5.82 Å². The summed E-state index contributed by atoms with van der Waals surface area (Å²) in [4.78, 5) is 37.1. The molecule has 5 rings (SSSR count). The van der Waals surface area contributed by atoms with Crippen LogP contribution in [0.2, 0.25) is 0 Å². The number of rotatable bonds is 5. The highest BCUT2D eigenvalue weighted by molar-refractivity contribution is 6.12. The normalized spacial score (nSPS) is 18.1. The first-order valence-electron chi connectivity index (χ1n) is 10.7. The van der Waals surface area contributed by atoms with Gasteiger partial charge >= 0.3 is 6.01 Å². The molecule has 1 aromatic carbocycles. The molecule has 0 radical (unpaired) electrons. The molecule has 1 fully saturated rings. The van der Waals surface area contributed by atoms with Gasteiger partial charge in [-0.2, -0.15) is 10.1 Å². The van der Waals surface area contributed by atoms with Crippen LogP contribution in [0.15, 0.2) is 41.6 Å². The molecule has 0 saturated heterocycles. The molecule has 2 amide bonds. The van der Waals surface area contributed by atoms with Gasteiger partial charge in [0.2, 0.25) is 5.91 Å². The Hall–Kier alpha value is -4.35. The van der Waals surface area contributed by atoms with Crippen molar-refractivity contribution in [2.75, 3.05) is 11.1 Å². The molecule has 3 heterocycles. The van der Waals surface area contributed by atoms with Gasteiger partial charge in [-0.15, -0.1) is 0 Å². The molecule has 0 unspecified atom stereocenters. The number of nitrogens with zero attached hydrogens (tertiary/aromatic N) is 5. The van der Waals surface area contributed by atoms with E-state index in [9.17, 15) is 14.0 Å². The lowest BCUT2D eigenvalue weighted by molar-refractivity contribution is -0.117. The van der Waals surface area contributed by atoms with Crippen molar-refractivity contribution >= 4 is 45.8 Å². The van der Waals surface area contributed by atoms with E-state index in [0.717, 1.165) is 25.7 Å². The highest BCUT2D eigenvalue weighted by atomic mass is 19.1. The van der Waals surface area contributed by atoms with Crippen molar-refractivity contribution < 1.29 is 18.4 Å². The van der Waals surface area contributed by atoms with E-state index in [2.05, 4.69) is 37.3 Å². The molecule has 4 N–H and O–H groups in total. The summed E-state index contributed by atoms with van der Waals surface area (Å²) in [5.74, 6) is -1.15. The van der Waals surface area contributed by atoms with Crippen LogP contribution in [0.5, 0.6) is 0 Å². The van der Waals surface area contributed by atoms with Gasteiger partial charge in [-0.25, -0.2) is 19.0 Å². The van der Waals surface area contributed by atoms with Crippen LogP contribution < -0.4 is 16.4 Å². The van der Waals surface area contributed by atoms with Crippen molar-refractivity contribution in [2.24, 2.45) is 0 Å². The van der Waals surface area contributed by atoms with E-state index >= 15 is 0 Å².